The molecule has 23 heavy (non-hydrogen) atoms. The third kappa shape index (κ3) is 8.95. The fourth-order valence-corrected chi connectivity index (χ4v) is 3.64. The monoisotopic (exact) mass is 336 g/mol. The Morgan fingerprint density at radius 1 is 1.04 bits per heavy atom. The molecule has 0 radical (unpaired) electrons. The first kappa shape index (κ1) is 20.0. The number of rotatable bonds is 13. The zero-order valence-corrected chi connectivity index (χ0v) is 15.7. The number of allylic oxidation sites excluding steroid dienone is 1. The van der Waals surface area contributed by atoms with E-state index in [4.69, 9.17) is 0 Å². The van der Waals surface area contributed by atoms with E-state index < -0.39 is 0 Å². The molecular weight excluding hydrogens is 304 g/mol. The average Bonchev–Trinajstić information content (AvgIpc) is 3.03. The molecule has 0 saturated carbocycles. The zero-order chi connectivity index (χ0) is 16.9. The lowest BCUT2D eigenvalue weighted by atomic mass is 10.0. The van der Waals surface area contributed by atoms with Gasteiger partial charge in [0.15, 0.2) is 0 Å². The first-order valence-electron chi connectivity index (χ1n) is 9.01. The molecule has 1 aromatic rings. The van der Waals surface area contributed by atoms with Gasteiger partial charge >= 0.3 is 5.97 Å². The SMILES string of the molecule is C=C(CCCCCCCCC(=O)OC)c1ccc(CCCC)s1. The summed E-state index contributed by atoms with van der Waals surface area (Å²) in [6.45, 7) is 6.49. The Kier molecular flexibility index (Phi) is 10.7. The van der Waals surface area contributed by atoms with Crippen LogP contribution in [-0.4, -0.2) is 13.1 Å². The molecule has 0 aliphatic rings. The molecule has 2 nitrogen and oxygen atoms in total. The predicted octanol–water partition coefficient (Wildman–Crippen LogP) is 6.40. The zero-order valence-electron chi connectivity index (χ0n) is 14.9. The van der Waals surface area contributed by atoms with Crippen molar-refractivity contribution in [2.45, 2.75) is 77.6 Å². The van der Waals surface area contributed by atoms with Crippen LogP contribution in [0.15, 0.2) is 18.7 Å². The van der Waals surface area contributed by atoms with E-state index in [0.29, 0.717) is 6.42 Å². The van der Waals surface area contributed by atoms with Gasteiger partial charge in [0.2, 0.25) is 0 Å². The molecule has 130 valence electrons. The Hall–Kier alpha value is -1.09. The second kappa shape index (κ2) is 12.3. The minimum Gasteiger partial charge on any atom is -0.469 e. The minimum absolute atomic E-state index is 0.0875. The summed E-state index contributed by atoms with van der Waals surface area (Å²) in [4.78, 5) is 13.8. The van der Waals surface area contributed by atoms with Crippen LogP contribution >= 0.6 is 11.3 Å². The van der Waals surface area contributed by atoms with Crippen LogP contribution < -0.4 is 0 Å². The van der Waals surface area contributed by atoms with E-state index in [1.807, 2.05) is 11.3 Å². The highest BCUT2D eigenvalue weighted by molar-refractivity contribution is 7.13. The van der Waals surface area contributed by atoms with Gasteiger partial charge < -0.3 is 4.74 Å². The van der Waals surface area contributed by atoms with Crippen molar-refractivity contribution in [3.05, 3.63) is 28.5 Å². The lowest BCUT2D eigenvalue weighted by molar-refractivity contribution is -0.140. The summed E-state index contributed by atoms with van der Waals surface area (Å²) in [7, 11) is 1.45. The largest absolute Gasteiger partial charge is 0.469 e. The third-order valence-corrected chi connectivity index (χ3v) is 5.37. The lowest BCUT2D eigenvalue weighted by Gasteiger charge is -2.04. The van der Waals surface area contributed by atoms with Gasteiger partial charge in [-0.05, 0) is 49.8 Å². The van der Waals surface area contributed by atoms with Crippen molar-refractivity contribution in [2.75, 3.05) is 7.11 Å². The van der Waals surface area contributed by atoms with Crippen molar-refractivity contribution in [1.29, 1.82) is 0 Å². The van der Waals surface area contributed by atoms with E-state index in [0.717, 1.165) is 19.3 Å². The van der Waals surface area contributed by atoms with Crippen LogP contribution in [0.1, 0.15) is 80.9 Å². The maximum atomic E-state index is 11.0. The van der Waals surface area contributed by atoms with Crippen LogP contribution in [0.5, 0.6) is 0 Å². The molecule has 0 bridgehead atoms. The summed E-state index contributed by atoms with van der Waals surface area (Å²) in [5, 5.41) is 0. The molecule has 0 unspecified atom stereocenters. The number of ether oxygens (including phenoxy) is 1. The topological polar surface area (TPSA) is 26.3 Å². The summed E-state index contributed by atoms with van der Waals surface area (Å²) in [6.07, 6.45) is 12.4. The highest BCUT2D eigenvalue weighted by Gasteiger charge is 2.04. The Labute approximate surface area is 145 Å². The summed E-state index contributed by atoms with van der Waals surface area (Å²) in [6, 6.07) is 4.51. The number of hydrogen-bond donors (Lipinski definition) is 0. The molecule has 0 atom stereocenters. The van der Waals surface area contributed by atoms with E-state index in [1.165, 1.54) is 67.4 Å². The van der Waals surface area contributed by atoms with Crippen molar-refractivity contribution in [2.24, 2.45) is 0 Å². The number of hydrogen-bond acceptors (Lipinski definition) is 3. The van der Waals surface area contributed by atoms with E-state index in [1.54, 1.807) is 0 Å². The van der Waals surface area contributed by atoms with Crippen molar-refractivity contribution < 1.29 is 9.53 Å². The lowest BCUT2D eigenvalue weighted by Crippen LogP contribution is -1.99. The van der Waals surface area contributed by atoms with Gasteiger partial charge in [-0.25, -0.2) is 0 Å². The van der Waals surface area contributed by atoms with Crippen molar-refractivity contribution >= 4 is 22.9 Å². The van der Waals surface area contributed by atoms with E-state index in [9.17, 15) is 4.79 Å². The van der Waals surface area contributed by atoms with Crippen LogP contribution in [0.2, 0.25) is 0 Å². The molecule has 0 spiro atoms. The fraction of sp³-hybridized carbons (Fsp3) is 0.650. The fourth-order valence-electron chi connectivity index (χ4n) is 2.59. The minimum atomic E-state index is -0.0875. The Bertz CT molecular complexity index is 462. The maximum Gasteiger partial charge on any atom is 0.305 e. The Morgan fingerprint density at radius 3 is 2.35 bits per heavy atom. The van der Waals surface area contributed by atoms with Crippen molar-refractivity contribution in [3.8, 4) is 0 Å². The van der Waals surface area contributed by atoms with Gasteiger partial charge in [-0.1, -0.05) is 45.6 Å². The second-order valence-corrected chi connectivity index (χ2v) is 7.34. The van der Waals surface area contributed by atoms with Gasteiger partial charge in [-0.3, -0.25) is 4.79 Å². The summed E-state index contributed by atoms with van der Waals surface area (Å²) in [5.74, 6) is -0.0875. The van der Waals surface area contributed by atoms with Crippen LogP contribution in [0.4, 0.5) is 0 Å². The Balaban J connectivity index is 2.05. The van der Waals surface area contributed by atoms with Gasteiger partial charge in [-0.15, -0.1) is 11.3 Å². The molecule has 0 saturated heterocycles. The highest BCUT2D eigenvalue weighted by atomic mass is 32.1. The first-order chi connectivity index (χ1) is 11.2. The number of unbranched alkanes of at least 4 members (excludes halogenated alkanes) is 6. The molecule has 1 heterocycles. The highest BCUT2D eigenvalue weighted by Crippen LogP contribution is 2.28. The maximum absolute atomic E-state index is 11.0. The van der Waals surface area contributed by atoms with Gasteiger partial charge in [-0.2, -0.15) is 0 Å². The summed E-state index contributed by atoms with van der Waals surface area (Å²) < 4.78 is 4.64. The van der Waals surface area contributed by atoms with E-state index in [-0.39, 0.29) is 5.97 Å². The average molecular weight is 337 g/mol. The Morgan fingerprint density at radius 2 is 1.70 bits per heavy atom. The van der Waals surface area contributed by atoms with Crippen LogP contribution in [0.25, 0.3) is 5.57 Å². The quantitative estimate of drug-likeness (QED) is 0.308. The smallest absolute Gasteiger partial charge is 0.305 e. The summed E-state index contributed by atoms with van der Waals surface area (Å²) >= 11 is 1.92. The molecule has 3 heteroatoms. The number of methoxy groups -OCH3 is 1. The predicted molar refractivity (Wildman–Crippen MR) is 101 cm³/mol. The van der Waals surface area contributed by atoms with Crippen molar-refractivity contribution in [3.63, 3.8) is 0 Å². The molecule has 0 aliphatic heterocycles. The molecule has 0 aliphatic carbocycles. The molecular formula is C20H32O2S. The van der Waals surface area contributed by atoms with Gasteiger partial charge in [0.25, 0.3) is 0 Å². The molecule has 1 aromatic heterocycles. The first-order valence-corrected chi connectivity index (χ1v) is 9.82. The molecule has 0 N–H and O–H groups in total. The number of thiophene rings is 1. The molecule has 0 fully saturated rings. The van der Waals surface area contributed by atoms with Crippen LogP contribution in [-0.2, 0) is 16.0 Å². The van der Waals surface area contributed by atoms with Gasteiger partial charge in [0.05, 0.1) is 7.11 Å². The third-order valence-electron chi connectivity index (χ3n) is 4.12. The van der Waals surface area contributed by atoms with Gasteiger partial charge in [0, 0.05) is 16.2 Å². The standard InChI is InChI=1S/C20H32O2S/c1-4-5-13-18-15-16-19(23-18)17(2)12-10-8-6-7-9-11-14-20(21)22-3/h15-16H,2,4-14H2,1,3H3. The normalized spacial score (nSPS) is 10.7. The second-order valence-electron chi connectivity index (χ2n) is 6.17. The molecule has 0 aromatic carbocycles. The summed E-state index contributed by atoms with van der Waals surface area (Å²) in [5.41, 5.74) is 1.29. The van der Waals surface area contributed by atoms with E-state index >= 15 is 0 Å². The number of aryl methyl sites for hydroxylation is 1. The number of esters is 1. The van der Waals surface area contributed by atoms with Crippen LogP contribution in [0, 0.1) is 0 Å². The van der Waals surface area contributed by atoms with Crippen molar-refractivity contribution in [1.82, 2.24) is 0 Å². The number of carbonyl (C=O) groups excluding carboxylic acids is 1. The van der Waals surface area contributed by atoms with Crippen LogP contribution in [0.3, 0.4) is 0 Å². The molecule has 1 rings (SSSR count). The number of carbonyl (C=O) groups is 1. The van der Waals surface area contributed by atoms with E-state index in [2.05, 4.69) is 30.4 Å². The van der Waals surface area contributed by atoms with Gasteiger partial charge in [0.1, 0.15) is 0 Å². The molecule has 0 amide bonds.